The van der Waals surface area contributed by atoms with E-state index < -0.39 is 5.97 Å². The summed E-state index contributed by atoms with van der Waals surface area (Å²) < 4.78 is 10.4. The Morgan fingerprint density at radius 2 is 1.64 bits per heavy atom. The molecule has 0 saturated carbocycles. The molecule has 0 N–H and O–H groups in total. The van der Waals surface area contributed by atoms with Crippen LogP contribution in [0.3, 0.4) is 0 Å². The first-order valence-electron chi connectivity index (χ1n) is 8.80. The van der Waals surface area contributed by atoms with Crippen molar-refractivity contribution in [2.75, 3.05) is 13.2 Å². The minimum atomic E-state index is -0.706. The fraction of sp³-hybridized carbons (Fsp3) is 0.238. The lowest BCUT2D eigenvalue weighted by molar-refractivity contribution is -0.120. The van der Waals surface area contributed by atoms with Crippen molar-refractivity contribution in [3.8, 4) is 5.75 Å². The molecule has 0 aromatic heterocycles. The quantitative estimate of drug-likeness (QED) is 0.541. The van der Waals surface area contributed by atoms with Gasteiger partial charge in [0.1, 0.15) is 17.9 Å². The number of fused-ring (bicyclic) bond motifs is 1. The summed E-state index contributed by atoms with van der Waals surface area (Å²) in [7, 11) is 0. The third kappa shape index (κ3) is 3.78. The lowest BCUT2D eigenvalue weighted by atomic mass is 10.1. The first-order valence-corrected chi connectivity index (χ1v) is 8.80. The molecule has 0 bridgehead atoms. The monoisotopic (exact) mass is 381 g/mol. The molecule has 1 aliphatic rings. The van der Waals surface area contributed by atoms with Gasteiger partial charge in [0.05, 0.1) is 24.3 Å². The molecule has 1 aliphatic heterocycles. The second kappa shape index (κ2) is 8.04. The number of Topliss-reactive ketones (excluding diaryl/α,β-unsaturated/α-hetero) is 1. The van der Waals surface area contributed by atoms with Gasteiger partial charge in [0, 0.05) is 0 Å². The van der Waals surface area contributed by atoms with Gasteiger partial charge in [0.2, 0.25) is 0 Å². The third-order valence-electron chi connectivity index (χ3n) is 4.19. The molecule has 0 fully saturated rings. The number of hydrogen-bond donors (Lipinski definition) is 0. The van der Waals surface area contributed by atoms with Crippen molar-refractivity contribution in [2.24, 2.45) is 0 Å². The Bertz CT molecular complexity index is 930. The van der Waals surface area contributed by atoms with Gasteiger partial charge < -0.3 is 9.47 Å². The van der Waals surface area contributed by atoms with Gasteiger partial charge in [-0.15, -0.1) is 0 Å². The maximum atomic E-state index is 12.5. The van der Waals surface area contributed by atoms with E-state index in [1.807, 2.05) is 0 Å². The molecule has 28 heavy (non-hydrogen) atoms. The number of rotatable bonds is 7. The lowest BCUT2D eigenvalue weighted by Crippen LogP contribution is -2.29. The Morgan fingerprint density at radius 1 is 1.00 bits per heavy atom. The van der Waals surface area contributed by atoms with Crippen molar-refractivity contribution < 1.29 is 28.7 Å². The molecule has 144 valence electrons. The number of nitrogens with zero attached hydrogens (tertiary/aromatic N) is 1. The summed E-state index contributed by atoms with van der Waals surface area (Å²) in [5, 5.41) is 0. The van der Waals surface area contributed by atoms with Crippen molar-refractivity contribution in [2.45, 2.75) is 20.4 Å². The van der Waals surface area contributed by atoms with Gasteiger partial charge in [-0.2, -0.15) is 0 Å². The number of carbonyl (C=O) groups excluding carboxylic acids is 4. The molecule has 0 aliphatic carbocycles. The Hall–Kier alpha value is -3.48. The summed E-state index contributed by atoms with van der Waals surface area (Å²) in [6.07, 6.45) is 0. The maximum Gasteiger partial charge on any atom is 0.342 e. The van der Waals surface area contributed by atoms with Crippen LogP contribution in [0.25, 0.3) is 0 Å². The molecule has 0 unspecified atom stereocenters. The standard InChI is InChI=1S/C21H19NO6/c1-3-27-18-9-8-14(10-17(18)21(26)28-12-13(2)23)11-22-19(24)15-6-4-5-7-16(15)20(22)25/h4-10H,3,11-12H2,1-2H3. The minimum Gasteiger partial charge on any atom is -0.493 e. The van der Waals surface area contributed by atoms with Gasteiger partial charge in [-0.05, 0) is 43.7 Å². The Kier molecular flexibility index (Phi) is 5.54. The fourth-order valence-electron chi connectivity index (χ4n) is 2.93. The predicted molar refractivity (Wildman–Crippen MR) is 99.2 cm³/mol. The average molecular weight is 381 g/mol. The summed E-state index contributed by atoms with van der Waals surface area (Å²) in [6.45, 7) is 3.09. The average Bonchev–Trinajstić information content (AvgIpc) is 2.92. The molecular formula is C21H19NO6. The summed E-state index contributed by atoms with van der Waals surface area (Å²) in [6, 6.07) is 11.4. The molecule has 0 spiro atoms. The zero-order chi connectivity index (χ0) is 20.3. The molecule has 7 heteroatoms. The highest BCUT2D eigenvalue weighted by Gasteiger charge is 2.35. The number of benzene rings is 2. The van der Waals surface area contributed by atoms with Gasteiger partial charge in [0.15, 0.2) is 5.78 Å². The largest absolute Gasteiger partial charge is 0.493 e. The van der Waals surface area contributed by atoms with Crippen LogP contribution in [0, 0.1) is 0 Å². The summed E-state index contributed by atoms with van der Waals surface area (Å²) >= 11 is 0. The normalized spacial score (nSPS) is 12.7. The molecule has 1 heterocycles. The number of ether oxygens (including phenoxy) is 2. The molecule has 3 rings (SSSR count). The zero-order valence-corrected chi connectivity index (χ0v) is 15.6. The van der Waals surface area contributed by atoms with Gasteiger partial charge in [-0.25, -0.2) is 4.79 Å². The smallest absolute Gasteiger partial charge is 0.342 e. The number of imide groups is 1. The maximum absolute atomic E-state index is 12.5. The molecule has 2 aromatic rings. The van der Waals surface area contributed by atoms with E-state index >= 15 is 0 Å². The van der Waals surface area contributed by atoms with Crippen LogP contribution >= 0.6 is 0 Å². The number of carbonyl (C=O) groups is 4. The van der Waals surface area contributed by atoms with Crippen LogP contribution in [-0.4, -0.2) is 41.7 Å². The highest BCUT2D eigenvalue weighted by molar-refractivity contribution is 6.21. The van der Waals surface area contributed by atoms with E-state index in [1.54, 1.807) is 43.3 Å². The summed E-state index contributed by atoms with van der Waals surface area (Å²) in [5.41, 5.74) is 1.42. The fourth-order valence-corrected chi connectivity index (χ4v) is 2.93. The molecule has 2 amide bonds. The Labute approximate surface area is 161 Å². The molecule has 2 aromatic carbocycles. The zero-order valence-electron chi connectivity index (χ0n) is 15.6. The predicted octanol–water partition coefficient (Wildman–Crippen LogP) is 2.63. The molecule has 0 radical (unpaired) electrons. The highest BCUT2D eigenvalue weighted by atomic mass is 16.5. The van der Waals surface area contributed by atoms with Crippen LogP contribution in [0.5, 0.6) is 5.75 Å². The van der Waals surface area contributed by atoms with Crippen molar-refractivity contribution >= 4 is 23.6 Å². The first kappa shape index (κ1) is 19.3. The summed E-state index contributed by atoms with van der Waals surface area (Å²) in [5.74, 6) is -1.44. The van der Waals surface area contributed by atoms with Crippen LogP contribution in [0.15, 0.2) is 42.5 Å². The first-order chi connectivity index (χ1) is 13.4. The van der Waals surface area contributed by atoms with Gasteiger partial charge >= 0.3 is 5.97 Å². The van der Waals surface area contributed by atoms with Crippen molar-refractivity contribution in [3.05, 3.63) is 64.7 Å². The van der Waals surface area contributed by atoms with Crippen molar-refractivity contribution in [3.63, 3.8) is 0 Å². The van der Waals surface area contributed by atoms with Gasteiger partial charge in [0.25, 0.3) is 11.8 Å². The van der Waals surface area contributed by atoms with E-state index in [1.165, 1.54) is 13.0 Å². The summed E-state index contributed by atoms with van der Waals surface area (Å²) in [4.78, 5) is 49.6. The lowest BCUT2D eigenvalue weighted by Gasteiger charge is -2.16. The van der Waals surface area contributed by atoms with Crippen molar-refractivity contribution in [1.29, 1.82) is 0 Å². The molecule has 0 atom stereocenters. The van der Waals surface area contributed by atoms with E-state index in [0.29, 0.717) is 29.0 Å². The van der Waals surface area contributed by atoms with Crippen molar-refractivity contribution in [1.82, 2.24) is 4.90 Å². The van der Waals surface area contributed by atoms with E-state index in [2.05, 4.69) is 0 Å². The third-order valence-corrected chi connectivity index (χ3v) is 4.19. The van der Waals surface area contributed by atoms with E-state index in [-0.39, 0.29) is 36.3 Å². The van der Waals surface area contributed by atoms with E-state index in [9.17, 15) is 19.2 Å². The van der Waals surface area contributed by atoms with Crippen LogP contribution in [0.4, 0.5) is 0 Å². The minimum absolute atomic E-state index is 0.00569. The topological polar surface area (TPSA) is 90.0 Å². The SMILES string of the molecule is CCOc1ccc(CN2C(=O)c3ccccc3C2=O)cc1C(=O)OCC(C)=O. The molecule has 7 nitrogen and oxygen atoms in total. The number of ketones is 1. The van der Waals surface area contributed by atoms with Gasteiger partial charge in [-0.1, -0.05) is 18.2 Å². The number of esters is 1. The van der Waals surface area contributed by atoms with Crippen LogP contribution in [-0.2, 0) is 16.1 Å². The highest BCUT2D eigenvalue weighted by Crippen LogP contribution is 2.27. The second-order valence-electron chi connectivity index (χ2n) is 6.28. The second-order valence-corrected chi connectivity index (χ2v) is 6.28. The van der Waals surface area contributed by atoms with Crippen LogP contribution in [0.1, 0.15) is 50.5 Å². The molecular weight excluding hydrogens is 362 g/mol. The van der Waals surface area contributed by atoms with E-state index in [0.717, 1.165) is 4.90 Å². The molecule has 0 saturated heterocycles. The van der Waals surface area contributed by atoms with Gasteiger partial charge in [-0.3, -0.25) is 19.3 Å². The van der Waals surface area contributed by atoms with Crippen LogP contribution < -0.4 is 4.74 Å². The number of amides is 2. The Morgan fingerprint density at radius 3 is 2.21 bits per heavy atom. The van der Waals surface area contributed by atoms with E-state index in [4.69, 9.17) is 9.47 Å². The number of hydrogen-bond acceptors (Lipinski definition) is 6. The van der Waals surface area contributed by atoms with Crippen LogP contribution in [0.2, 0.25) is 0 Å². The Balaban J connectivity index is 1.86.